The SMILES string of the molecule is CN(Cc1cc(F)c(F)c(F)c1)C1CCc2nn(CC3CC3)c(=O)n2CC1. The van der Waals surface area contributed by atoms with Gasteiger partial charge in [0.05, 0.1) is 0 Å². The largest absolute Gasteiger partial charge is 0.345 e. The van der Waals surface area contributed by atoms with Crippen LogP contribution in [0.4, 0.5) is 13.2 Å². The van der Waals surface area contributed by atoms with E-state index in [1.165, 1.54) is 12.8 Å². The van der Waals surface area contributed by atoms with Gasteiger partial charge in [-0.2, -0.15) is 5.10 Å². The van der Waals surface area contributed by atoms with E-state index < -0.39 is 17.5 Å². The Bertz CT molecular complexity index is 880. The molecule has 1 aromatic carbocycles. The van der Waals surface area contributed by atoms with E-state index >= 15 is 0 Å². The van der Waals surface area contributed by atoms with Crippen molar-refractivity contribution in [3.8, 4) is 0 Å². The molecule has 4 rings (SSSR count). The standard InChI is InChI=1S/C19H23F3N4O/c1-24(10-13-8-15(20)18(22)16(21)9-13)14-4-5-17-23-26(11-12-2-3-12)19(27)25(17)7-6-14/h8-9,12,14H,2-7,10-11H2,1H3. The lowest BCUT2D eigenvalue weighted by atomic mass is 10.1. The Morgan fingerprint density at radius 2 is 1.85 bits per heavy atom. The molecule has 1 atom stereocenters. The molecule has 0 radical (unpaired) electrons. The highest BCUT2D eigenvalue weighted by Crippen LogP contribution is 2.30. The summed E-state index contributed by atoms with van der Waals surface area (Å²) in [6, 6.07) is 2.22. The van der Waals surface area contributed by atoms with E-state index in [1.807, 2.05) is 11.9 Å². The van der Waals surface area contributed by atoms with Crippen LogP contribution in [0.2, 0.25) is 0 Å². The van der Waals surface area contributed by atoms with Crippen LogP contribution < -0.4 is 5.69 Å². The highest BCUT2D eigenvalue weighted by Gasteiger charge is 2.27. The molecule has 1 aliphatic heterocycles. The average Bonchev–Trinajstić information content (AvgIpc) is 3.41. The summed E-state index contributed by atoms with van der Waals surface area (Å²) >= 11 is 0. The molecule has 5 nitrogen and oxygen atoms in total. The summed E-state index contributed by atoms with van der Waals surface area (Å²) in [6.45, 7) is 1.61. The number of hydrogen-bond acceptors (Lipinski definition) is 3. The number of fused-ring (bicyclic) bond motifs is 1. The topological polar surface area (TPSA) is 43.1 Å². The van der Waals surface area contributed by atoms with E-state index in [2.05, 4.69) is 5.10 Å². The molecule has 2 heterocycles. The van der Waals surface area contributed by atoms with Gasteiger partial charge >= 0.3 is 5.69 Å². The highest BCUT2D eigenvalue weighted by molar-refractivity contribution is 5.19. The zero-order chi connectivity index (χ0) is 19.1. The lowest BCUT2D eigenvalue weighted by Gasteiger charge is -2.27. The molecular formula is C19H23F3N4O. The van der Waals surface area contributed by atoms with Crippen LogP contribution >= 0.6 is 0 Å². The van der Waals surface area contributed by atoms with Gasteiger partial charge in [0.1, 0.15) is 5.82 Å². The quantitative estimate of drug-likeness (QED) is 0.749. The Labute approximate surface area is 155 Å². The number of rotatable bonds is 5. The maximum atomic E-state index is 13.4. The van der Waals surface area contributed by atoms with Crippen LogP contribution in [0.15, 0.2) is 16.9 Å². The second-order valence-electron chi connectivity index (χ2n) is 7.75. The molecule has 2 aliphatic rings. The molecule has 1 aromatic heterocycles. The minimum Gasteiger partial charge on any atom is -0.299 e. The van der Waals surface area contributed by atoms with Gasteiger partial charge < -0.3 is 0 Å². The molecule has 1 unspecified atom stereocenters. The fourth-order valence-corrected chi connectivity index (χ4v) is 3.83. The van der Waals surface area contributed by atoms with Crippen molar-refractivity contribution in [1.29, 1.82) is 0 Å². The molecule has 8 heteroatoms. The third kappa shape index (κ3) is 3.81. The predicted molar refractivity (Wildman–Crippen MR) is 93.7 cm³/mol. The van der Waals surface area contributed by atoms with Gasteiger partial charge in [-0.15, -0.1) is 0 Å². The van der Waals surface area contributed by atoms with Crippen LogP contribution in [-0.4, -0.2) is 32.3 Å². The average molecular weight is 380 g/mol. The molecule has 2 aromatic rings. The Morgan fingerprint density at radius 1 is 1.15 bits per heavy atom. The molecule has 0 spiro atoms. The van der Waals surface area contributed by atoms with Gasteiger partial charge in [-0.3, -0.25) is 9.47 Å². The lowest BCUT2D eigenvalue weighted by molar-refractivity contribution is 0.209. The van der Waals surface area contributed by atoms with Crippen molar-refractivity contribution in [1.82, 2.24) is 19.2 Å². The first-order chi connectivity index (χ1) is 12.9. The number of nitrogens with zero attached hydrogens (tertiary/aromatic N) is 4. The van der Waals surface area contributed by atoms with Gasteiger partial charge in [0.15, 0.2) is 17.5 Å². The summed E-state index contributed by atoms with van der Waals surface area (Å²) in [7, 11) is 1.88. The molecule has 146 valence electrons. The van der Waals surface area contributed by atoms with Gasteiger partial charge in [0.2, 0.25) is 0 Å². The van der Waals surface area contributed by atoms with Crippen molar-refractivity contribution in [3.05, 3.63) is 51.5 Å². The maximum Gasteiger partial charge on any atom is 0.345 e. The minimum absolute atomic E-state index is 0.0390. The van der Waals surface area contributed by atoms with Crippen molar-refractivity contribution < 1.29 is 13.2 Å². The van der Waals surface area contributed by atoms with Gasteiger partial charge in [-0.1, -0.05) is 0 Å². The van der Waals surface area contributed by atoms with Crippen molar-refractivity contribution in [2.75, 3.05) is 7.05 Å². The fraction of sp³-hybridized carbons (Fsp3) is 0.579. The summed E-state index contributed by atoms with van der Waals surface area (Å²) in [5.41, 5.74) is 0.352. The third-order valence-corrected chi connectivity index (χ3v) is 5.61. The first-order valence-corrected chi connectivity index (χ1v) is 9.42. The van der Waals surface area contributed by atoms with E-state index in [4.69, 9.17) is 0 Å². The van der Waals surface area contributed by atoms with Crippen LogP contribution in [0, 0.1) is 23.4 Å². The molecule has 0 amide bonds. The van der Waals surface area contributed by atoms with Gasteiger partial charge in [0, 0.05) is 32.1 Å². The van der Waals surface area contributed by atoms with Crippen molar-refractivity contribution >= 4 is 0 Å². The number of halogens is 3. The van der Waals surface area contributed by atoms with Crippen LogP contribution in [0.3, 0.4) is 0 Å². The van der Waals surface area contributed by atoms with Crippen LogP contribution in [-0.2, 0) is 26.1 Å². The first-order valence-electron chi connectivity index (χ1n) is 9.42. The highest BCUT2D eigenvalue weighted by atomic mass is 19.2. The van der Waals surface area contributed by atoms with E-state index in [0.717, 1.165) is 30.8 Å². The molecule has 1 fully saturated rings. The molecular weight excluding hydrogens is 357 g/mol. The van der Waals surface area contributed by atoms with E-state index in [9.17, 15) is 18.0 Å². The van der Waals surface area contributed by atoms with Gasteiger partial charge in [-0.05, 0) is 56.3 Å². The summed E-state index contributed by atoms with van der Waals surface area (Å²) < 4.78 is 43.3. The zero-order valence-corrected chi connectivity index (χ0v) is 15.3. The molecule has 1 aliphatic carbocycles. The van der Waals surface area contributed by atoms with Crippen molar-refractivity contribution in [2.24, 2.45) is 5.92 Å². The number of benzene rings is 1. The second kappa shape index (κ2) is 7.14. The smallest absolute Gasteiger partial charge is 0.299 e. The fourth-order valence-electron chi connectivity index (χ4n) is 3.83. The number of aryl methyl sites for hydroxylation is 1. The third-order valence-electron chi connectivity index (χ3n) is 5.61. The summed E-state index contributed by atoms with van der Waals surface area (Å²) in [4.78, 5) is 14.5. The second-order valence-corrected chi connectivity index (χ2v) is 7.75. The van der Waals surface area contributed by atoms with Crippen molar-refractivity contribution in [2.45, 2.75) is 57.8 Å². The van der Waals surface area contributed by atoms with Gasteiger partial charge in [-0.25, -0.2) is 22.6 Å². The summed E-state index contributed by atoms with van der Waals surface area (Å²) in [5.74, 6) is -2.37. The van der Waals surface area contributed by atoms with E-state index in [0.29, 0.717) is 37.5 Å². The Hall–Kier alpha value is -2.09. The Kier molecular flexibility index (Phi) is 4.84. The number of aromatic nitrogens is 3. The number of hydrogen-bond donors (Lipinski definition) is 0. The normalized spacial score (nSPS) is 20.0. The lowest BCUT2D eigenvalue weighted by Crippen LogP contribution is -2.33. The summed E-state index contributed by atoms with van der Waals surface area (Å²) in [5, 5.41) is 4.51. The molecule has 27 heavy (non-hydrogen) atoms. The molecule has 0 N–H and O–H groups in total. The van der Waals surface area contributed by atoms with E-state index in [1.54, 1.807) is 9.25 Å². The Morgan fingerprint density at radius 3 is 2.52 bits per heavy atom. The van der Waals surface area contributed by atoms with Crippen molar-refractivity contribution in [3.63, 3.8) is 0 Å². The maximum absolute atomic E-state index is 13.4. The molecule has 0 saturated heterocycles. The summed E-state index contributed by atoms with van der Waals surface area (Å²) in [6.07, 6.45) is 4.60. The monoisotopic (exact) mass is 380 g/mol. The minimum atomic E-state index is -1.44. The van der Waals surface area contributed by atoms with Crippen LogP contribution in [0.5, 0.6) is 0 Å². The molecule has 1 saturated carbocycles. The Balaban J connectivity index is 1.43. The zero-order valence-electron chi connectivity index (χ0n) is 15.3. The first kappa shape index (κ1) is 18.3. The van der Waals surface area contributed by atoms with E-state index in [-0.39, 0.29) is 11.7 Å². The van der Waals surface area contributed by atoms with Crippen LogP contribution in [0.25, 0.3) is 0 Å². The van der Waals surface area contributed by atoms with Gasteiger partial charge in [0.25, 0.3) is 0 Å². The predicted octanol–water partition coefficient (Wildman–Crippen LogP) is 2.71. The van der Waals surface area contributed by atoms with Crippen LogP contribution in [0.1, 0.15) is 37.1 Å². The molecule has 0 bridgehead atoms.